The third-order valence-corrected chi connectivity index (χ3v) is 3.25. The zero-order valence-electron chi connectivity index (χ0n) is 11.0. The van der Waals surface area contributed by atoms with Gasteiger partial charge in [0.1, 0.15) is 0 Å². The van der Waals surface area contributed by atoms with E-state index in [1.54, 1.807) is 18.3 Å². The van der Waals surface area contributed by atoms with Gasteiger partial charge in [-0.05, 0) is 24.3 Å². The van der Waals surface area contributed by atoms with Crippen molar-refractivity contribution in [2.75, 3.05) is 11.9 Å². The Morgan fingerprint density at radius 3 is 2.55 bits per heavy atom. The smallest absolute Gasteiger partial charge is 0.163 e. The minimum absolute atomic E-state index is 0.645. The van der Waals surface area contributed by atoms with Crippen LogP contribution in [0.1, 0.15) is 5.56 Å². The molecule has 0 unspecified atom stereocenters. The molecule has 3 aromatic rings. The Morgan fingerprint density at radius 2 is 1.80 bits per heavy atom. The van der Waals surface area contributed by atoms with Crippen LogP contribution in [0.5, 0.6) is 0 Å². The van der Waals surface area contributed by atoms with E-state index in [9.17, 15) is 0 Å². The number of nitrogens with zero attached hydrogens (tertiary/aromatic N) is 4. The standard InChI is InChI=1S/C16H12N4/c1-20(14-8-6-12(10-17)7-9-14)16-15-5-3-2-4-13(15)11-18-19-16/h2-9,11H,1H3. The van der Waals surface area contributed by atoms with Crippen molar-refractivity contribution in [2.24, 2.45) is 0 Å². The zero-order chi connectivity index (χ0) is 13.9. The summed E-state index contributed by atoms with van der Waals surface area (Å²) in [5.74, 6) is 0.799. The molecule has 0 aliphatic heterocycles. The molecule has 1 aromatic heterocycles. The number of aromatic nitrogens is 2. The summed E-state index contributed by atoms with van der Waals surface area (Å²) in [6.07, 6.45) is 1.76. The first-order chi connectivity index (χ1) is 9.79. The molecule has 0 aliphatic carbocycles. The summed E-state index contributed by atoms with van der Waals surface area (Å²) < 4.78 is 0. The second-order valence-corrected chi connectivity index (χ2v) is 4.47. The van der Waals surface area contributed by atoms with Gasteiger partial charge in [0.25, 0.3) is 0 Å². The molecule has 0 saturated heterocycles. The summed E-state index contributed by atoms with van der Waals surface area (Å²) in [5.41, 5.74) is 1.61. The Bertz CT molecular complexity index is 782. The van der Waals surface area contributed by atoms with Gasteiger partial charge in [0.2, 0.25) is 0 Å². The summed E-state index contributed by atoms with van der Waals surface area (Å²) in [6.45, 7) is 0. The van der Waals surface area contributed by atoms with Crippen LogP contribution in [0.2, 0.25) is 0 Å². The minimum Gasteiger partial charge on any atom is -0.327 e. The van der Waals surface area contributed by atoms with Gasteiger partial charge in [0, 0.05) is 23.5 Å². The van der Waals surface area contributed by atoms with Crippen LogP contribution >= 0.6 is 0 Å². The van der Waals surface area contributed by atoms with Crippen molar-refractivity contribution in [3.63, 3.8) is 0 Å². The summed E-state index contributed by atoms with van der Waals surface area (Å²) in [5, 5.41) is 19.2. The maximum atomic E-state index is 8.84. The molecule has 0 bridgehead atoms. The molecule has 0 saturated carbocycles. The van der Waals surface area contributed by atoms with Gasteiger partial charge in [-0.25, -0.2) is 0 Å². The van der Waals surface area contributed by atoms with Crippen LogP contribution < -0.4 is 4.90 Å². The Balaban J connectivity index is 2.08. The maximum Gasteiger partial charge on any atom is 0.163 e. The van der Waals surface area contributed by atoms with Crippen molar-refractivity contribution in [1.82, 2.24) is 10.2 Å². The predicted molar refractivity (Wildman–Crippen MR) is 78.8 cm³/mol. The molecule has 0 amide bonds. The molecular weight excluding hydrogens is 248 g/mol. The quantitative estimate of drug-likeness (QED) is 0.709. The third kappa shape index (κ3) is 2.06. The highest BCUT2D eigenvalue weighted by Gasteiger charge is 2.10. The summed E-state index contributed by atoms with van der Waals surface area (Å²) in [4.78, 5) is 1.97. The summed E-state index contributed by atoms with van der Waals surface area (Å²) in [7, 11) is 1.94. The predicted octanol–water partition coefficient (Wildman–Crippen LogP) is 3.27. The van der Waals surface area contributed by atoms with E-state index in [1.807, 2.05) is 48.3 Å². The molecule has 3 rings (SSSR count). The first-order valence-electron chi connectivity index (χ1n) is 6.24. The number of nitriles is 1. The number of anilines is 2. The van der Waals surface area contributed by atoms with E-state index in [0.717, 1.165) is 22.3 Å². The second kappa shape index (κ2) is 4.98. The Morgan fingerprint density at radius 1 is 1.05 bits per heavy atom. The number of hydrogen-bond donors (Lipinski definition) is 0. The number of fused-ring (bicyclic) bond motifs is 1. The fourth-order valence-corrected chi connectivity index (χ4v) is 2.14. The average molecular weight is 260 g/mol. The molecule has 0 atom stereocenters. The highest BCUT2D eigenvalue weighted by Crippen LogP contribution is 2.28. The lowest BCUT2D eigenvalue weighted by Crippen LogP contribution is -2.12. The molecule has 4 nitrogen and oxygen atoms in total. The highest BCUT2D eigenvalue weighted by atomic mass is 15.2. The van der Waals surface area contributed by atoms with Crippen molar-refractivity contribution in [2.45, 2.75) is 0 Å². The zero-order valence-corrected chi connectivity index (χ0v) is 11.0. The van der Waals surface area contributed by atoms with Crippen molar-refractivity contribution in [3.8, 4) is 6.07 Å². The van der Waals surface area contributed by atoms with E-state index >= 15 is 0 Å². The minimum atomic E-state index is 0.645. The van der Waals surface area contributed by atoms with Crippen LogP contribution in [-0.4, -0.2) is 17.2 Å². The molecule has 0 aliphatic rings. The molecule has 0 radical (unpaired) electrons. The highest BCUT2D eigenvalue weighted by molar-refractivity contribution is 5.92. The van der Waals surface area contributed by atoms with Crippen LogP contribution in [-0.2, 0) is 0 Å². The van der Waals surface area contributed by atoms with E-state index in [2.05, 4.69) is 16.3 Å². The summed E-state index contributed by atoms with van der Waals surface area (Å²) in [6, 6.07) is 17.5. The van der Waals surface area contributed by atoms with Gasteiger partial charge in [-0.15, -0.1) is 5.10 Å². The Hall–Kier alpha value is -2.93. The molecule has 20 heavy (non-hydrogen) atoms. The molecule has 4 heteroatoms. The monoisotopic (exact) mass is 260 g/mol. The molecule has 0 spiro atoms. The van der Waals surface area contributed by atoms with Crippen molar-refractivity contribution in [1.29, 1.82) is 5.26 Å². The van der Waals surface area contributed by atoms with Crippen LogP contribution in [0, 0.1) is 11.3 Å². The van der Waals surface area contributed by atoms with Gasteiger partial charge in [-0.1, -0.05) is 24.3 Å². The van der Waals surface area contributed by atoms with Crippen molar-refractivity contribution in [3.05, 3.63) is 60.3 Å². The Labute approximate surface area is 116 Å². The number of hydrogen-bond acceptors (Lipinski definition) is 4. The lowest BCUT2D eigenvalue weighted by Gasteiger charge is -2.19. The van der Waals surface area contributed by atoms with Crippen molar-refractivity contribution >= 4 is 22.3 Å². The summed E-state index contributed by atoms with van der Waals surface area (Å²) >= 11 is 0. The van der Waals surface area contributed by atoms with Crippen molar-refractivity contribution < 1.29 is 0 Å². The number of rotatable bonds is 2. The van der Waals surface area contributed by atoms with Gasteiger partial charge in [-0.2, -0.15) is 10.4 Å². The third-order valence-electron chi connectivity index (χ3n) is 3.25. The first kappa shape index (κ1) is 12.1. The fraction of sp³-hybridized carbons (Fsp3) is 0.0625. The SMILES string of the molecule is CN(c1ccc(C#N)cc1)c1nncc2ccccc12. The van der Waals surface area contributed by atoms with E-state index in [0.29, 0.717) is 5.56 Å². The van der Waals surface area contributed by atoms with E-state index in [4.69, 9.17) is 5.26 Å². The normalized spacial score (nSPS) is 10.2. The van der Waals surface area contributed by atoms with E-state index < -0.39 is 0 Å². The molecule has 0 N–H and O–H groups in total. The molecule has 0 fully saturated rings. The van der Waals surface area contributed by atoms with Gasteiger partial charge in [-0.3, -0.25) is 0 Å². The van der Waals surface area contributed by atoms with Crippen LogP contribution in [0.15, 0.2) is 54.7 Å². The molecular formula is C16H12N4. The lowest BCUT2D eigenvalue weighted by atomic mass is 10.1. The van der Waals surface area contributed by atoms with Crippen LogP contribution in [0.4, 0.5) is 11.5 Å². The van der Waals surface area contributed by atoms with Gasteiger partial charge >= 0.3 is 0 Å². The van der Waals surface area contributed by atoms with Gasteiger partial charge in [0.05, 0.1) is 17.8 Å². The topological polar surface area (TPSA) is 52.8 Å². The number of benzene rings is 2. The maximum absolute atomic E-state index is 8.84. The average Bonchev–Trinajstić information content (AvgIpc) is 2.54. The molecule has 96 valence electrons. The van der Waals surface area contributed by atoms with Crippen LogP contribution in [0.25, 0.3) is 10.8 Å². The van der Waals surface area contributed by atoms with Gasteiger partial charge < -0.3 is 4.90 Å². The molecule has 1 heterocycles. The molecule has 2 aromatic carbocycles. The lowest BCUT2D eigenvalue weighted by molar-refractivity contribution is 1.01. The van der Waals surface area contributed by atoms with Gasteiger partial charge in [0.15, 0.2) is 5.82 Å². The Kier molecular flexibility index (Phi) is 3.02. The van der Waals surface area contributed by atoms with E-state index in [-0.39, 0.29) is 0 Å². The van der Waals surface area contributed by atoms with E-state index in [1.165, 1.54) is 0 Å². The largest absolute Gasteiger partial charge is 0.327 e. The first-order valence-corrected chi connectivity index (χ1v) is 6.24. The second-order valence-electron chi connectivity index (χ2n) is 4.47. The fourth-order valence-electron chi connectivity index (χ4n) is 2.14. The van der Waals surface area contributed by atoms with Crippen LogP contribution in [0.3, 0.4) is 0 Å².